The number of carboxylic acid groups (broad SMARTS) is 1. The van der Waals surface area contributed by atoms with Gasteiger partial charge in [-0.05, 0) is 178 Å². The summed E-state index contributed by atoms with van der Waals surface area (Å²) in [4.78, 5) is 70.7. The van der Waals surface area contributed by atoms with Crippen LogP contribution in [0.4, 0.5) is 19.2 Å². The molecule has 5 aliphatic rings. The zero-order valence-electron chi connectivity index (χ0n) is 64.7. The standard InChI is InChI=1S/C17H33NO2.C16H30N2O3.C16H32N2O2.C14H25NO4.C12H25N.C2H7N.CH4/c1-5-6-12-15(13-14-10-8-7-9-11-14)18-16(19)20-17(2,3)4;1-5-17-14(19)13(11-12-9-7-6-8-10-12)18-15(20)21-16(2,3)4;1-5-17-12-14(11-13-9-7-6-8-10-13)18-15(19)20-16(2,3)4;1-14(2,3)19-13(18)15-11(12(16)17)9-10-7-5-4-6-8-10;1-2-3-9-12(13)10-11-7-5-4-6-8-11;1-2-3;/h14-15H,5-13H2,1-4H3,(H,18,19);12-13H,5-11H2,1-4H3,(H,17,19)(H,18,20);13-14,17H,5-12H2,1-4H3,(H,18,19);10-11H,4-9H2,1-3H3,(H,15,18)(H,16,17);11-12H,2-10,13H2,1H3;2-3H2,1H3;1H4/t15-;13-;14-;11-;12-;;/m10001../s1. The maximum atomic E-state index is 12.1. The number of aliphatic carboxylic acids is 1. The molecular formula is C78H156N8O11. The number of hydrogen-bond acceptors (Lipinski definition) is 13. The van der Waals surface area contributed by atoms with E-state index in [9.17, 15) is 33.9 Å². The van der Waals surface area contributed by atoms with Crippen molar-refractivity contribution in [2.45, 2.75) is 409 Å². The monoisotopic (exact) mass is 1380 g/mol. The summed E-state index contributed by atoms with van der Waals surface area (Å²) < 4.78 is 21.1. The number of nitrogens with two attached hydrogens (primary N) is 2. The van der Waals surface area contributed by atoms with Crippen molar-refractivity contribution in [2.24, 2.45) is 41.1 Å². The molecule has 11 N–H and O–H groups in total. The molecule has 5 atom stereocenters. The number of unbranched alkanes of at least 4 members (excludes halogenated alkanes) is 2. The second-order valence-corrected chi connectivity index (χ2v) is 32.3. The van der Waals surface area contributed by atoms with Gasteiger partial charge in [-0.25, -0.2) is 24.0 Å². The Morgan fingerprint density at radius 2 is 0.701 bits per heavy atom. The first kappa shape index (κ1) is 95.0. The summed E-state index contributed by atoms with van der Waals surface area (Å²) in [6, 6.07) is -0.398. The van der Waals surface area contributed by atoms with Crippen LogP contribution < -0.4 is 43.4 Å². The highest BCUT2D eigenvalue weighted by atomic mass is 16.6. The molecule has 0 aromatic heterocycles. The molecule has 5 rings (SSSR count). The maximum Gasteiger partial charge on any atom is 0.408 e. The SMILES string of the molecule is C.CC(C)(C)OC(=O)N[C@@H](CC1CCCCC1)C(=O)O.CCCC[C@@H](N)CC1CCCCC1.CCCC[C@H](CC1CCCCC1)NC(=O)OC(C)(C)C.CCN.CCNC(=O)[C@H](CC1CCCCC1)NC(=O)OC(C)(C)C.CCNC[C@H](CC1CCCCC1)NC(=O)OC(C)(C)C. The van der Waals surface area contributed by atoms with E-state index in [1.165, 1.54) is 161 Å². The lowest BCUT2D eigenvalue weighted by Gasteiger charge is -2.28. The molecule has 5 fully saturated rings. The van der Waals surface area contributed by atoms with Gasteiger partial charge in [0.1, 0.15) is 34.5 Å². The van der Waals surface area contributed by atoms with Crippen LogP contribution in [0.3, 0.4) is 0 Å². The third kappa shape index (κ3) is 56.3. The molecule has 0 aliphatic heterocycles. The number of likely N-dealkylation sites (N-methyl/N-ethyl adjacent to an activating group) is 2. The van der Waals surface area contributed by atoms with Crippen molar-refractivity contribution < 1.29 is 52.8 Å². The van der Waals surface area contributed by atoms with Crippen LogP contribution in [0, 0.1) is 29.6 Å². The molecule has 0 heterocycles. The average molecular weight is 1380 g/mol. The summed E-state index contributed by atoms with van der Waals surface area (Å²) in [6.45, 7) is 35.5. The number of nitrogens with one attached hydrogen (secondary N) is 6. The molecular weight excluding hydrogens is 1220 g/mol. The number of hydrogen-bond donors (Lipinski definition) is 9. The molecule has 0 aromatic rings. The van der Waals surface area contributed by atoms with Gasteiger partial charge in [-0.15, -0.1) is 0 Å². The first-order chi connectivity index (χ1) is 45.1. The van der Waals surface area contributed by atoms with Crippen LogP contribution in [0.25, 0.3) is 0 Å². The molecule has 0 unspecified atom stereocenters. The predicted octanol–water partition coefficient (Wildman–Crippen LogP) is 18.5. The normalized spacial score (nSPS) is 18.3. The Morgan fingerprint density at radius 3 is 1.02 bits per heavy atom. The highest BCUT2D eigenvalue weighted by Crippen LogP contribution is 2.32. The Balaban J connectivity index is 0. The van der Waals surface area contributed by atoms with Crippen LogP contribution in [0.2, 0.25) is 0 Å². The third-order valence-corrected chi connectivity index (χ3v) is 17.9. The topological polar surface area (TPSA) is 284 Å². The molecule has 0 saturated heterocycles. The lowest BCUT2D eigenvalue weighted by Crippen LogP contribution is -2.49. The van der Waals surface area contributed by atoms with Gasteiger partial charge in [0, 0.05) is 31.2 Å². The lowest BCUT2D eigenvalue weighted by molar-refractivity contribution is -0.140. The first-order valence-corrected chi connectivity index (χ1v) is 38.8. The van der Waals surface area contributed by atoms with E-state index >= 15 is 0 Å². The zero-order chi connectivity index (χ0) is 72.6. The van der Waals surface area contributed by atoms with Crippen LogP contribution in [-0.4, -0.2) is 120 Å². The smallest absolute Gasteiger partial charge is 0.408 e. The van der Waals surface area contributed by atoms with E-state index in [2.05, 4.69) is 52.7 Å². The third-order valence-electron chi connectivity index (χ3n) is 17.9. The van der Waals surface area contributed by atoms with Crippen LogP contribution in [-0.2, 0) is 28.5 Å². The van der Waals surface area contributed by atoms with Crippen molar-refractivity contribution in [1.29, 1.82) is 0 Å². The molecule has 19 nitrogen and oxygen atoms in total. The predicted molar refractivity (Wildman–Crippen MR) is 402 cm³/mol. The highest BCUT2D eigenvalue weighted by molar-refractivity contribution is 5.85. The van der Waals surface area contributed by atoms with Gasteiger partial charge in [0.15, 0.2) is 0 Å². The summed E-state index contributed by atoms with van der Waals surface area (Å²) in [5.74, 6) is 2.31. The lowest BCUT2D eigenvalue weighted by atomic mass is 9.84. The van der Waals surface area contributed by atoms with Gasteiger partial charge < -0.3 is 67.4 Å². The Labute approximate surface area is 594 Å². The summed E-state index contributed by atoms with van der Waals surface area (Å²) >= 11 is 0. The van der Waals surface area contributed by atoms with Crippen LogP contribution in [0.15, 0.2) is 0 Å². The number of carbonyl (C=O) groups excluding carboxylic acids is 5. The minimum Gasteiger partial charge on any atom is -0.480 e. The van der Waals surface area contributed by atoms with Gasteiger partial charge in [-0.2, -0.15) is 0 Å². The highest BCUT2D eigenvalue weighted by Gasteiger charge is 2.31. The Kier molecular flexibility index (Phi) is 53.5. The summed E-state index contributed by atoms with van der Waals surface area (Å²) in [5, 5.41) is 26.6. The van der Waals surface area contributed by atoms with Crippen molar-refractivity contribution in [3.63, 3.8) is 0 Å². The summed E-state index contributed by atoms with van der Waals surface area (Å²) in [6.07, 6.45) is 42.6. The van der Waals surface area contributed by atoms with Gasteiger partial charge in [0.25, 0.3) is 0 Å². The van der Waals surface area contributed by atoms with Crippen molar-refractivity contribution >= 4 is 36.2 Å². The number of amides is 5. The van der Waals surface area contributed by atoms with Crippen molar-refractivity contribution in [2.75, 3.05) is 26.2 Å². The number of alkyl carbamates (subject to hydrolysis) is 4. The molecule has 0 aromatic carbocycles. The summed E-state index contributed by atoms with van der Waals surface area (Å²) in [5.41, 5.74) is 8.92. The molecule has 5 aliphatic carbocycles. The number of rotatable bonds is 26. The molecule has 5 saturated carbocycles. The quantitative estimate of drug-likeness (QED) is 0.0364. The Hall–Kier alpha value is -4.10. The van der Waals surface area contributed by atoms with E-state index in [4.69, 9.17) is 30.4 Å². The maximum absolute atomic E-state index is 12.1. The molecule has 574 valence electrons. The summed E-state index contributed by atoms with van der Waals surface area (Å²) in [7, 11) is 0. The molecule has 0 spiro atoms. The fourth-order valence-electron chi connectivity index (χ4n) is 13.4. The van der Waals surface area contributed by atoms with Crippen LogP contribution in [0.1, 0.15) is 356 Å². The van der Waals surface area contributed by atoms with Gasteiger partial charge in [-0.1, -0.05) is 221 Å². The largest absolute Gasteiger partial charge is 0.480 e. The number of ether oxygens (including phenoxy) is 4. The van der Waals surface area contributed by atoms with Gasteiger partial charge >= 0.3 is 30.3 Å². The van der Waals surface area contributed by atoms with E-state index < -0.39 is 52.6 Å². The first-order valence-electron chi connectivity index (χ1n) is 38.8. The van der Waals surface area contributed by atoms with E-state index in [-0.39, 0.29) is 37.6 Å². The van der Waals surface area contributed by atoms with E-state index in [1.54, 1.807) is 20.8 Å². The van der Waals surface area contributed by atoms with Gasteiger partial charge in [-0.3, -0.25) is 4.79 Å². The van der Waals surface area contributed by atoms with Crippen molar-refractivity contribution in [3.05, 3.63) is 0 Å². The molecule has 5 amide bonds. The van der Waals surface area contributed by atoms with Crippen LogP contribution >= 0.6 is 0 Å². The zero-order valence-corrected chi connectivity index (χ0v) is 64.7. The Morgan fingerprint density at radius 1 is 0.412 bits per heavy atom. The fraction of sp³-hybridized carbons (Fsp3) is 0.923. The van der Waals surface area contributed by atoms with Crippen molar-refractivity contribution in [1.82, 2.24) is 31.9 Å². The van der Waals surface area contributed by atoms with E-state index in [1.807, 2.05) is 76.2 Å². The van der Waals surface area contributed by atoms with Crippen LogP contribution in [0.5, 0.6) is 0 Å². The van der Waals surface area contributed by atoms with Crippen molar-refractivity contribution in [3.8, 4) is 0 Å². The fourth-order valence-corrected chi connectivity index (χ4v) is 13.4. The number of carboxylic acids is 1. The molecule has 19 heteroatoms. The van der Waals surface area contributed by atoms with E-state index in [0.29, 0.717) is 37.3 Å². The number of carbonyl (C=O) groups is 6. The average Bonchev–Trinajstić information content (AvgIpc) is 1.000. The minimum absolute atomic E-state index is 0. The Bertz CT molecular complexity index is 1930. The van der Waals surface area contributed by atoms with Gasteiger partial charge in [0.2, 0.25) is 5.91 Å². The minimum atomic E-state index is -0.989. The second kappa shape index (κ2) is 54.6. The van der Waals surface area contributed by atoms with Gasteiger partial charge in [0.05, 0.1) is 0 Å². The molecule has 97 heavy (non-hydrogen) atoms. The molecule has 0 bridgehead atoms. The molecule has 0 radical (unpaired) electrons. The van der Waals surface area contributed by atoms with E-state index in [0.717, 1.165) is 95.2 Å². The second-order valence-electron chi connectivity index (χ2n) is 32.3.